The van der Waals surface area contributed by atoms with Gasteiger partial charge in [0, 0.05) is 6.42 Å². The summed E-state index contributed by atoms with van der Waals surface area (Å²) < 4.78 is 0. The average molecular weight is 220 g/mol. The number of carbonyl (C=O) groups is 1. The summed E-state index contributed by atoms with van der Waals surface area (Å²) >= 11 is 1.46. The molecular formula is C13H16OS. The van der Waals surface area contributed by atoms with E-state index in [-0.39, 0.29) is 0 Å². The van der Waals surface area contributed by atoms with Gasteiger partial charge in [0.2, 0.25) is 0 Å². The van der Waals surface area contributed by atoms with Crippen LogP contribution >= 0.6 is 11.3 Å². The Hall–Kier alpha value is -1.07. The molecule has 0 spiro atoms. The van der Waals surface area contributed by atoms with Gasteiger partial charge >= 0.3 is 0 Å². The maximum absolute atomic E-state index is 10.4. The van der Waals surface area contributed by atoms with Crippen molar-refractivity contribution in [2.75, 3.05) is 0 Å². The van der Waals surface area contributed by atoms with Crippen molar-refractivity contribution in [2.45, 2.75) is 39.0 Å². The van der Waals surface area contributed by atoms with Gasteiger partial charge in [-0.15, -0.1) is 11.3 Å². The van der Waals surface area contributed by atoms with E-state index >= 15 is 0 Å². The first-order chi connectivity index (χ1) is 7.36. The van der Waals surface area contributed by atoms with Crippen LogP contribution in [-0.4, -0.2) is 6.29 Å². The smallest absolute Gasteiger partial charge is 0.160 e. The van der Waals surface area contributed by atoms with E-state index in [0.29, 0.717) is 0 Å². The van der Waals surface area contributed by atoms with Crippen LogP contribution < -0.4 is 0 Å². The summed E-state index contributed by atoms with van der Waals surface area (Å²) in [6.45, 7) is 2.21. The summed E-state index contributed by atoms with van der Waals surface area (Å²) in [4.78, 5) is 12.2. The molecule has 0 saturated carbocycles. The van der Waals surface area contributed by atoms with Crippen molar-refractivity contribution in [3.63, 3.8) is 0 Å². The van der Waals surface area contributed by atoms with Crippen molar-refractivity contribution in [2.24, 2.45) is 0 Å². The molecule has 0 unspecified atom stereocenters. The molecule has 1 aromatic heterocycles. The minimum atomic E-state index is 0.755. The lowest BCUT2D eigenvalue weighted by molar-refractivity contribution is 0.112. The molecule has 1 nitrogen and oxygen atoms in total. The molecule has 0 amide bonds. The molecule has 0 bridgehead atoms. The van der Waals surface area contributed by atoms with Crippen LogP contribution in [0.2, 0.25) is 0 Å². The van der Waals surface area contributed by atoms with E-state index in [1.54, 1.807) is 0 Å². The summed E-state index contributed by atoms with van der Waals surface area (Å²) in [5, 5.41) is 0. The Morgan fingerprint density at radius 3 is 2.87 bits per heavy atom. The number of rotatable bonds is 5. The van der Waals surface area contributed by atoms with Crippen molar-refractivity contribution in [1.29, 1.82) is 0 Å². The largest absolute Gasteiger partial charge is 0.297 e. The van der Waals surface area contributed by atoms with Crippen LogP contribution in [0.25, 0.3) is 0 Å². The van der Waals surface area contributed by atoms with Gasteiger partial charge in [0.1, 0.15) is 0 Å². The first-order valence-corrected chi connectivity index (χ1v) is 6.22. The van der Waals surface area contributed by atoms with Gasteiger partial charge in [0.05, 0.1) is 9.75 Å². The second-order valence-electron chi connectivity index (χ2n) is 3.43. The molecule has 80 valence electrons. The van der Waals surface area contributed by atoms with E-state index in [9.17, 15) is 4.79 Å². The van der Waals surface area contributed by atoms with Crippen LogP contribution in [0.15, 0.2) is 12.1 Å². The third kappa shape index (κ3) is 4.80. The SMILES string of the molecule is CCCCCCC#Cc1ccc(C=O)s1. The summed E-state index contributed by atoms with van der Waals surface area (Å²) in [5.41, 5.74) is 0. The standard InChI is InChI=1S/C13H16OS/c1-2-3-4-5-6-7-8-12-9-10-13(11-14)15-12/h9-11H,2-6H2,1H3. The second-order valence-corrected chi connectivity index (χ2v) is 4.55. The maximum atomic E-state index is 10.4. The van der Waals surface area contributed by atoms with Gasteiger partial charge in [-0.2, -0.15) is 0 Å². The molecule has 1 aromatic rings. The number of carbonyl (C=O) groups excluding carboxylic acids is 1. The van der Waals surface area contributed by atoms with Gasteiger partial charge in [-0.25, -0.2) is 0 Å². The number of hydrogen-bond acceptors (Lipinski definition) is 2. The zero-order valence-electron chi connectivity index (χ0n) is 9.08. The van der Waals surface area contributed by atoms with Crippen molar-refractivity contribution in [3.8, 4) is 11.8 Å². The number of thiophene rings is 1. The molecule has 0 aliphatic carbocycles. The summed E-state index contributed by atoms with van der Waals surface area (Å²) in [7, 11) is 0. The van der Waals surface area contributed by atoms with Crippen LogP contribution in [0.1, 0.15) is 53.6 Å². The lowest BCUT2D eigenvalue weighted by Crippen LogP contribution is -1.73. The molecule has 0 radical (unpaired) electrons. The van der Waals surface area contributed by atoms with Gasteiger partial charge in [-0.3, -0.25) is 4.79 Å². The predicted molar refractivity (Wildman–Crippen MR) is 65.3 cm³/mol. The maximum Gasteiger partial charge on any atom is 0.160 e. The average Bonchev–Trinajstić information content (AvgIpc) is 2.71. The second kappa shape index (κ2) is 7.25. The fraction of sp³-hybridized carbons (Fsp3) is 0.462. The van der Waals surface area contributed by atoms with Crippen LogP contribution in [0.3, 0.4) is 0 Å². The third-order valence-electron chi connectivity index (χ3n) is 2.11. The topological polar surface area (TPSA) is 17.1 Å². The lowest BCUT2D eigenvalue weighted by Gasteiger charge is -1.91. The molecule has 1 rings (SSSR count). The Morgan fingerprint density at radius 2 is 2.20 bits per heavy atom. The highest BCUT2D eigenvalue weighted by Crippen LogP contribution is 2.12. The molecule has 0 aliphatic rings. The zero-order valence-corrected chi connectivity index (χ0v) is 9.90. The van der Waals surface area contributed by atoms with Gasteiger partial charge in [-0.05, 0) is 18.6 Å². The Kier molecular flexibility index (Phi) is 5.80. The third-order valence-corrected chi connectivity index (χ3v) is 3.04. The molecule has 0 atom stereocenters. The lowest BCUT2D eigenvalue weighted by atomic mass is 10.2. The van der Waals surface area contributed by atoms with Crippen molar-refractivity contribution < 1.29 is 4.79 Å². The molecule has 0 fully saturated rings. The molecule has 0 saturated heterocycles. The number of unbranched alkanes of at least 4 members (excludes halogenated alkanes) is 4. The van der Waals surface area contributed by atoms with Gasteiger partial charge in [0.15, 0.2) is 6.29 Å². The van der Waals surface area contributed by atoms with E-state index in [2.05, 4.69) is 18.8 Å². The highest BCUT2D eigenvalue weighted by molar-refractivity contribution is 7.14. The van der Waals surface area contributed by atoms with Crippen LogP contribution in [0.5, 0.6) is 0 Å². The Labute approximate surface area is 95.5 Å². The summed E-state index contributed by atoms with van der Waals surface area (Å²) in [6.07, 6.45) is 6.87. The van der Waals surface area contributed by atoms with Crippen LogP contribution in [0.4, 0.5) is 0 Å². The Morgan fingerprint density at radius 1 is 1.33 bits per heavy atom. The summed E-state index contributed by atoms with van der Waals surface area (Å²) in [5.74, 6) is 6.23. The summed E-state index contributed by atoms with van der Waals surface area (Å²) in [6, 6.07) is 3.73. The first-order valence-electron chi connectivity index (χ1n) is 5.40. The normalized spacial score (nSPS) is 9.40. The van der Waals surface area contributed by atoms with E-state index in [1.165, 1.54) is 37.0 Å². The minimum absolute atomic E-state index is 0.755. The van der Waals surface area contributed by atoms with Gasteiger partial charge < -0.3 is 0 Å². The van der Waals surface area contributed by atoms with Crippen molar-refractivity contribution in [3.05, 3.63) is 21.9 Å². The van der Waals surface area contributed by atoms with E-state index in [0.717, 1.165) is 22.5 Å². The molecule has 1 heterocycles. The monoisotopic (exact) mass is 220 g/mol. The van der Waals surface area contributed by atoms with Gasteiger partial charge in [0.25, 0.3) is 0 Å². The highest BCUT2D eigenvalue weighted by Gasteiger charge is 1.93. The Balaban J connectivity index is 2.28. The van der Waals surface area contributed by atoms with Crippen LogP contribution in [-0.2, 0) is 0 Å². The fourth-order valence-corrected chi connectivity index (χ4v) is 1.97. The molecule has 0 aliphatic heterocycles. The fourth-order valence-electron chi connectivity index (χ4n) is 1.27. The molecule has 15 heavy (non-hydrogen) atoms. The van der Waals surface area contributed by atoms with E-state index in [1.807, 2.05) is 12.1 Å². The number of hydrogen-bond donors (Lipinski definition) is 0. The highest BCUT2D eigenvalue weighted by atomic mass is 32.1. The molecule has 0 aromatic carbocycles. The van der Waals surface area contributed by atoms with Crippen molar-refractivity contribution in [1.82, 2.24) is 0 Å². The van der Waals surface area contributed by atoms with E-state index < -0.39 is 0 Å². The minimum Gasteiger partial charge on any atom is -0.297 e. The first kappa shape index (κ1) is 12.0. The zero-order chi connectivity index (χ0) is 10.9. The molecule has 2 heteroatoms. The molecular weight excluding hydrogens is 204 g/mol. The van der Waals surface area contributed by atoms with E-state index in [4.69, 9.17) is 0 Å². The van der Waals surface area contributed by atoms with Crippen molar-refractivity contribution >= 4 is 17.6 Å². The van der Waals surface area contributed by atoms with Crippen LogP contribution in [0, 0.1) is 11.8 Å². The number of aldehydes is 1. The molecule has 0 N–H and O–H groups in total. The van der Waals surface area contributed by atoms with Gasteiger partial charge in [-0.1, -0.05) is 38.0 Å². The predicted octanol–water partition coefficient (Wildman–Crippen LogP) is 3.88. The Bertz CT molecular complexity index is 354. The quantitative estimate of drug-likeness (QED) is 0.418.